The number of rotatable bonds is 21. The van der Waals surface area contributed by atoms with Gasteiger partial charge in [0, 0.05) is 16.6 Å². The first-order valence-corrected chi connectivity index (χ1v) is 19.2. The molecular formula is C42H66O7. The van der Waals surface area contributed by atoms with E-state index in [0.717, 1.165) is 34.6 Å². The minimum Gasteiger partial charge on any atom is -0.492 e. The van der Waals surface area contributed by atoms with Crippen LogP contribution in [0.2, 0.25) is 0 Å². The third-order valence-electron chi connectivity index (χ3n) is 11.0. The van der Waals surface area contributed by atoms with Gasteiger partial charge in [-0.25, -0.2) is 9.59 Å². The summed E-state index contributed by atoms with van der Waals surface area (Å²) < 4.78 is 17.3. The van der Waals surface area contributed by atoms with Crippen LogP contribution in [0.3, 0.4) is 0 Å². The Bertz CT molecular complexity index is 1140. The van der Waals surface area contributed by atoms with E-state index in [1.807, 2.05) is 0 Å². The van der Waals surface area contributed by atoms with Crippen LogP contribution in [-0.2, 0) is 31.9 Å². The maximum atomic E-state index is 12.0. The average molecular weight is 683 g/mol. The molecule has 7 heteroatoms. The highest BCUT2D eigenvalue weighted by atomic mass is 16.5. The number of carbonyl (C=O) groups excluding carboxylic acids is 2. The van der Waals surface area contributed by atoms with Crippen LogP contribution in [0.1, 0.15) is 140 Å². The van der Waals surface area contributed by atoms with E-state index < -0.39 is 17.4 Å². The third kappa shape index (κ3) is 13.2. The molecule has 1 aromatic carbocycles. The molecule has 0 aromatic heterocycles. The summed E-state index contributed by atoms with van der Waals surface area (Å²) in [5, 5.41) is 20.0. The Morgan fingerprint density at radius 1 is 0.776 bits per heavy atom. The molecule has 49 heavy (non-hydrogen) atoms. The SMILES string of the molecule is C=C(C)C(=O)OCCCc1cc(C2CCC(C3CCC(CCCCC)CC3)CC2)cc(CCCOC(=O)C(=C)C)c1OCC(C)(CO)CO. The molecule has 2 N–H and O–H groups in total. The molecule has 2 saturated carbocycles. The van der Waals surface area contributed by atoms with Gasteiger partial charge in [-0.2, -0.15) is 0 Å². The smallest absolute Gasteiger partial charge is 0.333 e. The molecule has 0 atom stereocenters. The lowest BCUT2D eigenvalue weighted by Crippen LogP contribution is -2.33. The summed E-state index contributed by atoms with van der Waals surface area (Å²) in [6.45, 7) is 15.0. The standard InChI is InChI=1S/C42H66O7/c1-7-8-9-12-32-15-17-33(18-16-32)34-19-21-35(22-20-34)38-25-36(13-10-23-47-40(45)30(2)3)39(49-29-42(6,27-43)28-44)37(26-38)14-11-24-48-41(46)31(4)5/h25-26,32-35,43-44H,2,4,7-24,27-29H2,1,3,5-6H3. The number of ether oxygens (including phenoxy) is 3. The molecule has 0 heterocycles. The van der Waals surface area contributed by atoms with Crippen molar-refractivity contribution in [3.63, 3.8) is 0 Å². The van der Waals surface area contributed by atoms with Crippen molar-refractivity contribution in [1.29, 1.82) is 0 Å². The van der Waals surface area contributed by atoms with Gasteiger partial charge in [0.2, 0.25) is 0 Å². The molecule has 0 saturated heterocycles. The zero-order chi connectivity index (χ0) is 35.8. The lowest BCUT2D eigenvalue weighted by Gasteiger charge is -2.38. The first-order chi connectivity index (χ1) is 23.5. The van der Waals surface area contributed by atoms with E-state index in [1.54, 1.807) is 20.8 Å². The van der Waals surface area contributed by atoms with Gasteiger partial charge in [-0.1, -0.05) is 77.7 Å². The normalized spacial score (nSPS) is 21.2. The number of hydrogen-bond donors (Lipinski definition) is 2. The third-order valence-corrected chi connectivity index (χ3v) is 11.0. The lowest BCUT2D eigenvalue weighted by atomic mass is 9.67. The van der Waals surface area contributed by atoms with Crippen LogP contribution in [0.15, 0.2) is 36.4 Å². The van der Waals surface area contributed by atoms with Crippen LogP contribution in [-0.4, -0.2) is 55.2 Å². The molecule has 2 aliphatic rings. The molecule has 3 rings (SSSR count). The van der Waals surface area contributed by atoms with Crippen molar-refractivity contribution >= 4 is 11.9 Å². The number of aryl methyl sites for hydroxylation is 2. The van der Waals surface area contributed by atoms with Crippen molar-refractivity contribution in [2.24, 2.45) is 23.2 Å². The molecule has 2 aliphatic carbocycles. The number of benzene rings is 1. The van der Waals surface area contributed by atoms with E-state index >= 15 is 0 Å². The van der Waals surface area contributed by atoms with Crippen molar-refractivity contribution in [3.05, 3.63) is 53.1 Å². The maximum Gasteiger partial charge on any atom is 0.333 e. The number of carbonyl (C=O) groups is 2. The Hall–Kier alpha value is -2.64. The van der Waals surface area contributed by atoms with Gasteiger partial charge in [0.05, 0.1) is 33.0 Å². The van der Waals surface area contributed by atoms with Crippen molar-refractivity contribution in [2.45, 2.75) is 136 Å². The van der Waals surface area contributed by atoms with Crippen LogP contribution >= 0.6 is 0 Å². The van der Waals surface area contributed by atoms with Crippen LogP contribution in [0, 0.1) is 23.2 Å². The molecule has 0 amide bonds. The minimum atomic E-state index is -0.797. The molecule has 1 aromatic rings. The maximum absolute atomic E-state index is 12.0. The molecule has 0 spiro atoms. The Balaban J connectivity index is 1.78. The van der Waals surface area contributed by atoms with Crippen LogP contribution in [0.25, 0.3) is 0 Å². The van der Waals surface area contributed by atoms with Gasteiger partial charge >= 0.3 is 11.9 Å². The van der Waals surface area contributed by atoms with Crippen molar-refractivity contribution in [2.75, 3.05) is 33.0 Å². The van der Waals surface area contributed by atoms with E-state index in [1.165, 1.54) is 82.6 Å². The quantitative estimate of drug-likeness (QED) is 0.0759. The van der Waals surface area contributed by atoms with Crippen LogP contribution in [0.4, 0.5) is 0 Å². The predicted molar refractivity (Wildman–Crippen MR) is 197 cm³/mol. The number of hydrogen-bond acceptors (Lipinski definition) is 7. The highest BCUT2D eigenvalue weighted by Gasteiger charge is 2.32. The second-order valence-corrected chi connectivity index (χ2v) is 15.5. The first-order valence-electron chi connectivity index (χ1n) is 19.2. The monoisotopic (exact) mass is 682 g/mol. The minimum absolute atomic E-state index is 0.153. The predicted octanol–water partition coefficient (Wildman–Crippen LogP) is 8.82. The largest absolute Gasteiger partial charge is 0.492 e. The van der Waals surface area contributed by atoms with E-state index in [9.17, 15) is 19.8 Å². The Morgan fingerprint density at radius 2 is 1.27 bits per heavy atom. The summed E-state index contributed by atoms with van der Waals surface area (Å²) in [5.41, 5.74) is 3.36. The number of esters is 2. The van der Waals surface area contributed by atoms with Gasteiger partial charge in [-0.05, 0) is 118 Å². The fourth-order valence-corrected chi connectivity index (χ4v) is 7.62. The van der Waals surface area contributed by atoms with Gasteiger partial charge in [-0.3, -0.25) is 0 Å². The number of unbranched alkanes of at least 4 members (excludes halogenated alkanes) is 2. The lowest BCUT2D eigenvalue weighted by molar-refractivity contribution is -0.139. The van der Waals surface area contributed by atoms with Crippen molar-refractivity contribution in [1.82, 2.24) is 0 Å². The topological polar surface area (TPSA) is 102 Å². The fraction of sp³-hybridized carbons (Fsp3) is 0.714. The molecule has 0 bridgehead atoms. The molecule has 0 radical (unpaired) electrons. The second kappa shape index (κ2) is 20.9. The summed E-state index contributed by atoms with van der Waals surface area (Å²) in [6, 6.07) is 4.56. The summed E-state index contributed by atoms with van der Waals surface area (Å²) >= 11 is 0. The molecule has 0 aliphatic heterocycles. The summed E-state index contributed by atoms with van der Waals surface area (Å²) in [6.07, 6.45) is 18.6. The Kier molecular flexibility index (Phi) is 17.4. The van der Waals surface area contributed by atoms with E-state index in [4.69, 9.17) is 14.2 Å². The molecular weight excluding hydrogens is 616 g/mol. The van der Waals surface area contributed by atoms with Gasteiger partial charge in [-0.15, -0.1) is 0 Å². The number of aliphatic hydroxyl groups excluding tert-OH is 2. The fourth-order valence-electron chi connectivity index (χ4n) is 7.62. The average Bonchev–Trinajstić information content (AvgIpc) is 3.11. The highest BCUT2D eigenvalue weighted by molar-refractivity contribution is 5.87. The molecule has 0 unspecified atom stereocenters. The second-order valence-electron chi connectivity index (χ2n) is 15.5. The van der Waals surface area contributed by atoms with Gasteiger partial charge in [0.1, 0.15) is 5.75 Å². The van der Waals surface area contributed by atoms with E-state index in [0.29, 0.717) is 42.7 Å². The van der Waals surface area contributed by atoms with Crippen LogP contribution < -0.4 is 4.74 Å². The van der Waals surface area contributed by atoms with Crippen LogP contribution in [0.5, 0.6) is 5.75 Å². The zero-order valence-electron chi connectivity index (χ0n) is 31.2. The van der Waals surface area contributed by atoms with Gasteiger partial charge in [0.15, 0.2) is 0 Å². The van der Waals surface area contributed by atoms with E-state index in [2.05, 4.69) is 32.2 Å². The summed E-state index contributed by atoms with van der Waals surface area (Å²) in [7, 11) is 0. The van der Waals surface area contributed by atoms with Gasteiger partial charge < -0.3 is 24.4 Å². The number of aliphatic hydroxyl groups is 2. The van der Waals surface area contributed by atoms with E-state index in [-0.39, 0.29) is 33.0 Å². The first kappa shape index (κ1) is 40.8. The van der Waals surface area contributed by atoms with Gasteiger partial charge in [0.25, 0.3) is 0 Å². The Morgan fingerprint density at radius 3 is 1.71 bits per heavy atom. The molecule has 7 nitrogen and oxygen atoms in total. The Labute approximate surface area is 296 Å². The van der Waals surface area contributed by atoms with Crippen molar-refractivity contribution < 1.29 is 34.0 Å². The molecule has 276 valence electrons. The van der Waals surface area contributed by atoms with Crippen molar-refractivity contribution in [3.8, 4) is 5.75 Å². The highest BCUT2D eigenvalue weighted by Crippen LogP contribution is 2.45. The molecule has 2 fully saturated rings. The summed E-state index contributed by atoms with van der Waals surface area (Å²) in [4.78, 5) is 24.1. The zero-order valence-corrected chi connectivity index (χ0v) is 31.2. The summed E-state index contributed by atoms with van der Waals surface area (Å²) in [5.74, 6) is 3.08.